The molecule has 0 unspecified atom stereocenters. The highest BCUT2D eigenvalue weighted by Gasteiger charge is 2.30. The maximum absolute atomic E-state index is 14.0. The second kappa shape index (κ2) is 6.57. The summed E-state index contributed by atoms with van der Waals surface area (Å²) in [6, 6.07) is 8.76. The maximum Gasteiger partial charge on any atom is 0.255 e. The number of hydrogen-bond donors (Lipinski definition) is 2. The molecule has 0 bridgehead atoms. The number of sulfonamides is 1. The Kier molecular flexibility index (Phi) is 4.62. The summed E-state index contributed by atoms with van der Waals surface area (Å²) in [6.07, 6.45) is 1.49. The molecule has 25 heavy (non-hydrogen) atoms. The topological polar surface area (TPSA) is 75.3 Å². The molecule has 1 amide bonds. The predicted molar refractivity (Wildman–Crippen MR) is 93.6 cm³/mol. The van der Waals surface area contributed by atoms with E-state index in [2.05, 4.69) is 10.0 Å². The van der Waals surface area contributed by atoms with Crippen LogP contribution in [0.1, 0.15) is 34.3 Å². The third kappa shape index (κ3) is 4.05. The Labute approximate surface area is 146 Å². The van der Waals surface area contributed by atoms with E-state index in [9.17, 15) is 17.6 Å². The summed E-state index contributed by atoms with van der Waals surface area (Å²) in [7, 11) is -3.98. The van der Waals surface area contributed by atoms with Crippen LogP contribution in [0.4, 0.5) is 10.1 Å². The summed E-state index contributed by atoms with van der Waals surface area (Å²) in [4.78, 5) is 11.9. The number of hydrogen-bond acceptors (Lipinski definition) is 3. The molecule has 0 heterocycles. The highest BCUT2D eigenvalue weighted by Crippen LogP contribution is 2.24. The Balaban J connectivity index is 1.87. The van der Waals surface area contributed by atoms with E-state index in [-0.39, 0.29) is 11.6 Å². The fourth-order valence-corrected chi connectivity index (χ4v) is 3.89. The van der Waals surface area contributed by atoms with Crippen LogP contribution in [-0.2, 0) is 10.0 Å². The molecule has 3 rings (SSSR count). The van der Waals surface area contributed by atoms with E-state index in [0.717, 1.165) is 36.1 Å². The average molecular weight is 362 g/mol. The minimum Gasteiger partial charge on any atom is -0.322 e. The summed E-state index contributed by atoms with van der Waals surface area (Å²) in [5.74, 6) is -1.37. The van der Waals surface area contributed by atoms with Gasteiger partial charge in [0.15, 0.2) is 0 Å². The lowest BCUT2D eigenvalue weighted by atomic mass is 10.1. The summed E-state index contributed by atoms with van der Waals surface area (Å²) >= 11 is 0. The van der Waals surface area contributed by atoms with Gasteiger partial charge in [0.05, 0.1) is 0 Å². The van der Waals surface area contributed by atoms with E-state index >= 15 is 0 Å². The van der Waals surface area contributed by atoms with Gasteiger partial charge in [-0.1, -0.05) is 17.7 Å². The van der Waals surface area contributed by atoms with Crippen molar-refractivity contribution in [1.82, 2.24) is 4.72 Å². The summed E-state index contributed by atoms with van der Waals surface area (Å²) in [6.45, 7) is 3.81. The Morgan fingerprint density at radius 1 is 1.12 bits per heavy atom. The van der Waals surface area contributed by atoms with Crippen LogP contribution in [-0.4, -0.2) is 20.4 Å². The van der Waals surface area contributed by atoms with Crippen molar-refractivity contribution in [3.8, 4) is 0 Å². The molecule has 0 aliphatic heterocycles. The molecule has 132 valence electrons. The van der Waals surface area contributed by atoms with Crippen molar-refractivity contribution in [2.75, 3.05) is 5.32 Å². The quantitative estimate of drug-likeness (QED) is 0.858. The predicted octanol–water partition coefficient (Wildman–Crippen LogP) is 3.14. The number of halogens is 1. The first-order valence-corrected chi connectivity index (χ1v) is 9.45. The molecule has 1 aliphatic rings. The van der Waals surface area contributed by atoms with Crippen molar-refractivity contribution in [3.05, 3.63) is 58.9 Å². The van der Waals surface area contributed by atoms with Gasteiger partial charge in [0.1, 0.15) is 10.7 Å². The summed E-state index contributed by atoms with van der Waals surface area (Å²) in [5.41, 5.74) is 2.66. The third-order valence-corrected chi connectivity index (χ3v) is 5.55. The zero-order chi connectivity index (χ0) is 18.2. The molecule has 0 radical (unpaired) electrons. The van der Waals surface area contributed by atoms with Gasteiger partial charge in [-0.3, -0.25) is 4.79 Å². The number of nitrogens with one attached hydrogen (secondary N) is 2. The molecule has 0 atom stereocenters. The molecule has 2 aromatic carbocycles. The van der Waals surface area contributed by atoms with Crippen LogP contribution in [0, 0.1) is 19.7 Å². The lowest BCUT2D eigenvalue weighted by Crippen LogP contribution is -2.27. The lowest BCUT2D eigenvalue weighted by Gasteiger charge is -2.11. The Morgan fingerprint density at radius 2 is 1.84 bits per heavy atom. The van der Waals surface area contributed by atoms with Crippen LogP contribution in [0.25, 0.3) is 0 Å². The van der Waals surface area contributed by atoms with Crippen molar-refractivity contribution < 1.29 is 17.6 Å². The zero-order valence-corrected chi connectivity index (χ0v) is 14.8. The molecule has 7 heteroatoms. The number of amides is 1. The highest BCUT2D eigenvalue weighted by atomic mass is 32.2. The molecule has 1 aliphatic carbocycles. The zero-order valence-electron chi connectivity index (χ0n) is 14.0. The fourth-order valence-electron chi connectivity index (χ4n) is 2.48. The number of carbonyl (C=O) groups excluding carboxylic acids is 1. The largest absolute Gasteiger partial charge is 0.322 e. The SMILES string of the molecule is Cc1ccc(NC(=O)c2ccc(F)c(S(=O)(=O)NC3CC3)c2)c(C)c1. The Bertz CT molecular complexity index is 937. The van der Waals surface area contributed by atoms with E-state index in [1.54, 1.807) is 6.07 Å². The van der Waals surface area contributed by atoms with E-state index in [0.29, 0.717) is 5.69 Å². The fraction of sp³-hybridized carbons (Fsp3) is 0.278. The maximum atomic E-state index is 14.0. The van der Waals surface area contributed by atoms with E-state index in [4.69, 9.17) is 0 Å². The van der Waals surface area contributed by atoms with Crippen molar-refractivity contribution >= 4 is 21.6 Å². The van der Waals surface area contributed by atoms with Gasteiger partial charge in [-0.15, -0.1) is 0 Å². The number of benzene rings is 2. The monoisotopic (exact) mass is 362 g/mol. The molecule has 5 nitrogen and oxygen atoms in total. The minimum absolute atomic E-state index is 0.0811. The van der Waals surface area contributed by atoms with Gasteiger partial charge < -0.3 is 5.32 Å². The number of rotatable bonds is 5. The van der Waals surface area contributed by atoms with Gasteiger partial charge in [0, 0.05) is 17.3 Å². The average Bonchev–Trinajstić information content (AvgIpc) is 3.33. The van der Waals surface area contributed by atoms with E-state index in [1.807, 2.05) is 26.0 Å². The first kappa shape index (κ1) is 17.6. The highest BCUT2D eigenvalue weighted by molar-refractivity contribution is 7.89. The first-order chi connectivity index (χ1) is 11.8. The first-order valence-electron chi connectivity index (χ1n) is 7.97. The van der Waals surface area contributed by atoms with Crippen molar-refractivity contribution in [2.45, 2.75) is 37.6 Å². The number of anilines is 1. The summed E-state index contributed by atoms with van der Waals surface area (Å²) in [5, 5.41) is 2.73. The molecule has 2 aromatic rings. The van der Waals surface area contributed by atoms with Crippen LogP contribution in [0.15, 0.2) is 41.3 Å². The van der Waals surface area contributed by atoms with Gasteiger partial charge in [0.25, 0.3) is 5.91 Å². The smallest absolute Gasteiger partial charge is 0.255 e. The standard InChI is InChI=1S/C18H19FN2O3S/c1-11-3-8-16(12(2)9-11)20-18(22)13-4-7-15(19)17(10-13)25(23,24)21-14-5-6-14/h3-4,7-10,14,21H,5-6H2,1-2H3,(H,20,22). The normalized spacial score (nSPS) is 14.4. The van der Waals surface area contributed by atoms with Gasteiger partial charge in [-0.2, -0.15) is 0 Å². The number of aryl methyl sites for hydroxylation is 2. The van der Waals surface area contributed by atoms with Crippen LogP contribution in [0.3, 0.4) is 0 Å². The second-order valence-electron chi connectivity index (χ2n) is 6.31. The summed E-state index contributed by atoms with van der Waals surface area (Å²) < 4.78 is 40.9. The molecule has 1 fully saturated rings. The van der Waals surface area contributed by atoms with Crippen LogP contribution >= 0.6 is 0 Å². The van der Waals surface area contributed by atoms with Crippen LogP contribution in [0.5, 0.6) is 0 Å². The van der Waals surface area contributed by atoms with E-state index in [1.165, 1.54) is 6.07 Å². The molecular formula is C18H19FN2O3S. The van der Waals surface area contributed by atoms with Gasteiger partial charge in [-0.05, 0) is 56.5 Å². The van der Waals surface area contributed by atoms with Gasteiger partial charge in [0.2, 0.25) is 10.0 Å². The minimum atomic E-state index is -3.98. The lowest BCUT2D eigenvalue weighted by molar-refractivity contribution is 0.102. The van der Waals surface area contributed by atoms with Gasteiger partial charge >= 0.3 is 0 Å². The molecule has 0 spiro atoms. The molecule has 0 saturated heterocycles. The molecule has 0 aromatic heterocycles. The Hall–Kier alpha value is -2.25. The molecule has 1 saturated carbocycles. The van der Waals surface area contributed by atoms with Crippen molar-refractivity contribution in [2.24, 2.45) is 0 Å². The Morgan fingerprint density at radius 3 is 2.48 bits per heavy atom. The van der Waals surface area contributed by atoms with Crippen LogP contribution in [0.2, 0.25) is 0 Å². The third-order valence-electron chi connectivity index (χ3n) is 4.01. The van der Waals surface area contributed by atoms with Crippen molar-refractivity contribution in [3.63, 3.8) is 0 Å². The second-order valence-corrected chi connectivity index (χ2v) is 8.00. The van der Waals surface area contributed by atoms with Gasteiger partial charge in [-0.25, -0.2) is 17.5 Å². The van der Waals surface area contributed by atoms with Crippen molar-refractivity contribution in [1.29, 1.82) is 0 Å². The molecule has 2 N–H and O–H groups in total. The van der Waals surface area contributed by atoms with Crippen LogP contribution < -0.4 is 10.0 Å². The number of carbonyl (C=O) groups is 1. The van der Waals surface area contributed by atoms with E-state index < -0.39 is 26.6 Å². The molecular weight excluding hydrogens is 343 g/mol.